The predicted octanol–water partition coefficient (Wildman–Crippen LogP) is 5.51. The Morgan fingerprint density at radius 1 is 0.905 bits per heavy atom. The number of hydrogen-bond donors (Lipinski definition) is 2. The number of nitrogens with one attached hydrogen (secondary N) is 1. The summed E-state index contributed by atoms with van der Waals surface area (Å²) in [5.41, 5.74) is 0. The second-order valence-corrected chi connectivity index (χ2v) is 5.53. The zero-order valence-corrected chi connectivity index (χ0v) is 14.5. The molecule has 0 aromatic rings. The molecule has 0 atom stereocenters. The van der Waals surface area contributed by atoms with Crippen LogP contribution in [0.4, 0.5) is 0 Å². The van der Waals surface area contributed by atoms with E-state index in [1.807, 2.05) is 13.2 Å². The number of hydrogen-bond acceptors (Lipinski definition) is 2. The molecule has 21 heavy (non-hydrogen) atoms. The summed E-state index contributed by atoms with van der Waals surface area (Å²) >= 11 is 0. The number of allylic oxidation sites excluding steroid dienone is 1. The van der Waals surface area contributed by atoms with E-state index in [2.05, 4.69) is 18.3 Å². The zero-order chi connectivity index (χ0) is 16.2. The van der Waals surface area contributed by atoms with E-state index in [1.54, 1.807) is 0 Å². The first kappa shape index (κ1) is 22.3. The maximum Gasteiger partial charge on any atom is 0.300 e. The van der Waals surface area contributed by atoms with Crippen LogP contribution < -0.4 is 5.32 Å². The number of carboxylic acids is 1. The van der Waals surface area contributed by atoms with E-state index in [4.69, 9.17) is 9.90 Å². The highest BCUT2D eigenvalue weighted by atomic mass is 16.4. The van der Waals surface area contributed by atoms with E-state index in [0.29, 0.717) is 0 Å². The lowest BCUT2D eigenvalue weighted by Crippen LogP contribution is -1.90. The van der Waals surface area contributed by atoms with Crippen molar-refractivity contribution in [1.82, 2.24) is 5.32 Å². The van der Waals surface area contributed by atoms with Gasteiger partial charge in [0.25, 0.3) is 5.97 Å². The molecule has 0 rings (SSSR count). The summed E-state index contributed by atoms with van der Waals surface area (Å²) < 4.78 is 0. The maximum atomic E-state index is 9.00. The molecule has 0 aromatic carbocycles. The molecule has 0 saturated heterocycles. The van der Waals surface area contributed by atoms with E-state index in [9.17, 15) is 0 Å². The Bertz CT molecular complexity index is 223. The Morgan fingerprint density at radius 3 is 1.67 bits per heavy atom. The molecule has 0 heterocycles. The molecular formula is C18H37NO2. The van der Waals surface area contributed by atoms with Crippen molar-refractivity contribution in [3.63, 3.8) is 0 Å². The van der Waals surface area contributed by atoms with Gasteiger partial charge < -0.3 is 10.4 Å². The van der Waals surface area contributed by atoms with Crippen LogP contribution in [0.5, 0.6) is 0 Å². The van der Waals surface area contributed by atoms with E-state index < -0.39 is 5.97 Å². The van der Waals surface area contributed by atoms with E-state index in [1.165, 1.54) is 77.0 Å². The number of aliphatic carboxylic acids is 1. The topological polar surface area (TPSA) is 49.3 Å². The van der Waals surface area contributed by atoms with Crippen LogP contribution in [-0.2, 0) is 4.79 Å². The van der Waals surface area contributed by atoms with Gasteiger partial charge in [-0.1, -0.05) is 77.2 Å². The normalized spacial score (nSPS) is 10.2. The highest BCUT2D eigenvalue weighted by Crippen LogP contribution is 2.11. The summed E-state index contributed by atoms with van der Waals surface area (Å²) in [6, 6.07) is 0. The molecule has 0 amide bonds. The largest absolute Gasteiger partial charge is 0.481 e. The van der Waals surface area contributed by atoms with Crippen molar-refractivity contribution in [2.45, 2.75) is 90.9 Å². The highest BCUT2D eigenvalue weighted by molar-refractivity contribution is 5.62. The molecule has 0 fully saturated rings. The summed E-state index contributed by atoms with van der Waals surface area (Å²) in [4.78, 5) is 9.00. The molecule has 0 aliphatic heterocycles. The van der Waals surface area contributed by atoms with Crippen molar-refractivity contribution < 1.29 is 9.90 Å². The van der Waals surface area contributed by atoms with Crippen molar-refractivity contribution in [2.75, 3.05) is 7.05 Å². The van der Waals surface area contributed by atoms with E-state index >= 15 is 0 Å². The second-order valence-electron chi connectivity index (χ2n) is 5.53. The van der Waals surface area contributed by atoms with Crippen LogP contribution in [0.1, 0.15) is 90.9 Å². The molecule has 0 unspecified atom stereocenters. The lowest BCUT2D eigenvalue weighted by atomic mass is 10.1. The minimum absolute atomic E-state index is 0.833. The Morgan fingerprint density at radius 2 is 1.29 bits per heavy atom. The minimum atomic E-state index is -0.833. The van der Waals surface area contributed by atoms with Gasteiger partial charge in [-0.05, 0) is 19.0 Å². The summed E-state index contributed by atoms with van der Waals surface area (Å²) in [6.07, 6.45) is 21.2. The van der Waals surface area contributed by atoms with Gasteiger partial charge in [-0.2, -0.15) is 0 Å². The van der Waals surface area contributed by atoms with Crippen LogP contribution in [0.25, 0.3) is 0 Å². The summed E-state index contributed by atoms with van der Waals surface area (Å²) in [6.45, 7) is 3.37. The summed E-state index contributed by atoms with van der Waals surface area (Å²) in [5, 5.41) is 10.4. The summed E-state index contributed by atoms with van der Waals surface area (Å²) in [5.74, 6) is -0.833. The SMILES string of the molecule is CC(=O)O.CCCCCCCCCCCCCC=CNC. The molecular weight excluding hydrogens is 262 g/mol. The van der Waals surface area contributed by atoms with Crippen molar-refractivity contribution in [3.8, 4) is 0 Å². The molecule has 3 nitrogen and oxygen atoms in total. The van der Waals surface area contributed by atoms with Gasteiger partial charge in [0.2, 0.25) is 0 Å². The molecule has 0 aliphatic rings. The average molecular weight is 299 g/mol. The van der Waals surface area contributed by atoms with E-state index in [-0.39, 0.29) is 0 Å². The molecule has 2 N–H and O–H groups in total. The summed E-state index contributed by atoms with van der Waals surface area (Å²) in [7, 11) is 1.96. The first-order valence-electron chi connectivity index (χ1n) is 8.67. The number of carboxylic acid groups (broad SMARTS) is 1. The van der Waals surface area contributed by atoms with Crippen LogP contribution in [0.15, 0.2) is 12.3 Å². The Labute approximate surface area is 132 Å². The first-order chi connectivity index (χ1) is 10.1. The smallest absolute Gasteiger partial charge is 0.300 e. The molecule has 3 heteroatoms. The lowest BCUT2D eigenvalue weighted by molar-refractivity contribution is -0.134. The molecule has 126 valence electrons. The van der Waals surface area contributed by atoms with Crippen molar-refractivity contribution in [3.05, 3.63) is 12.3 Å². The van der Waals surface area contributed by atoms with Crippen LogP contribution >= 0.6 is 0 Å². The fourth-order valence-electron chi connectivity index (χ4n) is 2.13. The van der Waals surface area contributed by atoms with Crippen LogP contribution in [-0.4, -0.2) is 18.1 Å². The van der Waals surface area contributed by atoms with Crippen molar-refractivity contribution in [1.29, 1.82) is 0 Å². The van der Waals surface area contributed by atoms with Crippen LogP contribution in [0, 0.1) is 0 Å². The third-order valence-electron chi connectivity index (χ3n) is 3.26. The zero-order valence-electron chi connectivity index (χ0n) is 14.5. The molecule has 0 radical (unpaired) electrons. The van der Waals surface area contributed by atoms with Gasteiger partial charge in [-0.25, -0.2) is 0 Å². The maximum absolute atomic E-state index is 9.00. The van der Waals surface area contributed by atoms with Gasteiger partial charge in [-0.15, -0.1) is 0 Å². The van der Waals surface area contributed by atoms with Gasteiger partial charge in [0.15, 0.2) is 0 Å². The fraction of sp³-hybridized carbons (Fsp3) is 0.833. The van der Waals surface area contributed by atoms with Gasteiger partial charge in [0, 0.05) is 14.0 Å². The highest BCUT2D eigenvalue weighted by Gasteiger charge is 1.92. The van der Waals surface area contributed by atoms with Gasteiger partial charge in [0.1, 0.15) is 0 Å². The van der Waals surface area contributed by atoms with E-state index in [0.717, 1.165) is 6.92 Å². The number of unbranched alkanes of at least 4 members (excludes halogenated alkanes) is 11. The van der Waals surface area contributed by atoms with Crippen molar-refractivity contribution in [2.24, 2.45) is 0 Å². The average Bonchev–Trinajstić information content (AvgIpc) is 2.43. The second kappa shape index (κ2) is 21.3. The fourth-order valence-corrected chi connectivity index (χ4v) is 2.13. The number of carbonyl (C=O) groups is 1. The molecule has 0 saturated carbocycles. The molecule has 0 aliphatic carbocycles. The first-order valence-corrected chi connectivity index (χ1v) is 8.67. The predicted molar refractivity (Wildman–Crippen MR) is 92.6 cm³/mol. The number of rotatable bonds is 13. The third kappa shape index (κ3) is 32.5. The Kier molecular flexibility index (Phi) is 22.6. The lowest BCUT2D eigenvalue weighted by Gasteiger charge is -2.01. The molecule has 0 spiro atoms. The van der Waals surface area contributed by atoms with Gasteiger partial charge >= 0.3 is 0 Å². The molecule has 0 aromatic heterocycles. The van der Waals surface area contributed by atoms with Gasteiger partial charge in [-0.3, -0.25) is 4.79 Å². The minimum Gasteiger partial charge on any atom is -0.481 e. The van der Waals surface area contributed by atoms with Gasteiger partial charge in [0.05, 0.1) is 0 Å². The van der Waals surface area contributed by atoms with Crippen LogP contribution in [0.2, 0.25) is 0 Å². The quantitative estimate of drug-likeness (QED) is 0.441. The van der Waals surface area contributed by atoms with Crippen molar-refractivity contribution >= 4 is 5.97 Å². The van der Waals surface area contributed by atoms with Crippen LogP contribution in [0.3, 0.4) is 0 Å². The Hall–Kier alpha value is -0.990. The third-order valence-corrected chi connectivity index (χ3v) is 3.26. The standard InChI is InChI=1S/C16H33N.C2H4O2/c1-3-4-5-6-7-8-9-10-11-12-13-14-15-16-17-2;1-2(3)4/h15-17H,3-14H2,1-2H3;1H3,(H,3,4). The Balaban J connectivity index is 0. The molecule has 0 bridgehead atoms. The monoisotopic (exact) mass is 299 g/mol.